The number of nitrogens with zero attached hydrogens (tertiary/aromatic N) is 7. The van der Waals surface area contributed by atoms with E-state index in [1.165, 1.54) is 6.20 Å². The summed E-state index contributed by atoms with van der Waals surface area (Å²) in [4.78, 5) is 34.3. The van der Waals surface area contributed by atoms with E-state index in [2.05, 4.69) is 25.9 Å². The number of benzene rings is 1. The molecule has 11 nitrogen and oxygen atoms in total. The molecular weight excluding hydrogens is 474 g/mol. The van der Waals surface area contributed by atoms with Crippen molar-refractivity contribution in [2.24, 2.45) is 7.05 Å². The van der Waals surface area contributed by atoms with E-state index in [9.17, 15) is 9.90 Å². The van der Waals surface area contributed by atoms with E-state index in [4.69, 9.17) is 14.5 Å². The normalized spacial score (nSPS) is 16.1. The number of fused-ring (bicyclic) bond motifs is 1. The Kier molecular flexibility index (Phi) is 5.93. The lowest BCUT2D eigenvalue weighted by Crippen LogP contribution is -2.36. The van der Waals surface area contributed by atoms with Crippen LogP contribution in [0.2, 0.25) is 0 Å². The summed E-state index contributed by atoms with van der Waals surface area (Å²) in [5, 5.41) is 9.91. The average molecular weight is 502 g/mol. The van der Waals surface area contributed by atoms with Crippen LogP contribution in [0.15, 0.2) is 43.1 Å². The first-order chi connectivity index (χ1) is 18.0. The quantitative estimate of drug-likeness (QED) is 0.422. The molecule has 0 saturated carbocycles. The molecule has 11 heteroatoms. The molecule has 37 heavy (non-hydrogen) atoms. The maximum absolute atomic E-state index is 12.1. The molecule has 1 aromatic carbocycles. The summed E-state index contributed by atoms with van der Waals surface area (Å²) in [6.07, 6.45) is 6.90. The number of carboxylic acid groups (broad SMARTS) is 1. The number of anilines is 3. The maximum Gasteiger partial charge on any atom is 0.358 e. The summed E-state index contributed by atoms with van der Waals surface area (Å²) in [6, 6.07) is 6.15. The first-order valence-corrected chi connectivity index (χ1v) is 12.1. The van der Waals surface area contributed by atoms with Crippen molar-refractivity contribution < 1.29 is 19.4 Å². The fraction of sp³-hybridized carbons (Fsp3) is 0.346. The third-order valence-electron chi connectivity index (χ3n) is 7.00. The van der Waals surface area contributed by atoms with Gasteiger partial charge in [0.2, 0.25) is 0 Å². The number of imidazole rings is 1. The van der Waals surface area contributed by atoms with Gasteiger partial charge in [0.05, 0.1) is 67.6 Å². The van der Waals surface area contributed by atoms with E-state index < -0.39 is 5.97 Å². The van der Waals surface area contributed by atoms with Crippen LogP contribution >= 0.6 is 0 Å². The van der Waals surface area contributed by atoms with Crippen LogP contribution in [-0.4, -0.2) is 82.1 Å². The highest BCUT2D eigenvalue weighted by atomic mass is 16.5. The van der Waals surface area contributed by atoms with Crippen molar-refractivity contribution >= 4 is 34.2 Å². The number of aromatic nitrogens is 5. The van der Waals surface area contributed by atoms with Gasteiger partial charge in [0.15, 0.2) is 11.5 Å². The molecule has 2 aliphatic heterocycles. The van der Waals surface area contributed by atoms with Crippen molar-refractivity contribution in [3.63, 3.8) is 0 Å². The van der Waals surface area contributed by atoms with E-state index in [0.29, 0.717) is 26.4 Å². The Hall–Kier alpha value is -4.09. The van der Waals surface area contributed by atoms with Crippen LogP contribution in [0.1, 0.15) is 22.1 Å². The van der Waals surface area contributed by atoms with Crippen LogP contribution in [0.4, 0.5) is 17.2 Å². The molecule has 0 amide bonds. The summed E-state index contributed by atoms with van der Waals surface area (Å²) in [5.74, 6) is -0.749. The van der Waals surface area contributed by atoms with Gasteiger partial charge in [0.1, 0.15) is 0 Å². The van der Waals surface area contributed by atoms with Gasteiger partial charge in [0.25, 0.3) is 0 Å². The van der Waals surface area contributed by atoms with Crippen LogP contribution in [0.5, 0.6) is 0 Å². The van der Waals surface area contributed by atoms with Gasteiger partial charge in [0, 0.05) is 56.1 Å². The van der Waals surface area contributed by atoms with Crippen molar-refractivity contribution in [2.45, 2.75) is 5.92 Å². The third-order valence-corrected chi connectivity index (χ3v) is 7.00. The molecule has 5 heterocycles. The molecule has 4 aromatic rings. The van der Waals surface area contributed by atoms with Crippen LogP contribution < -0.4 is 9.80 Å². The van der Waals surface area contributed by atoms with Crippen molar-refractivity contribution in [1.82, 2.24) is 24.5 Å². The molecule has 0 bridgehead atoms. The Morgan fingerprint density at radius 3 is 2.62 bits per heavy atom. The van der Waals surface area contributed by atoms with E-state index in [0.717, 1.165) is 52.3 Å². The van der Waals surface area contributed by atoms with Crippen molar-refractivity contribution in [1.29, 1.82) is 0 Å². The number of morpholine rings is 1. The van der Waals surface area contributed by atoms with Crippen molar-refractivity contribution in [3.8, 4) is 11.1 Å². The van der Waals surface area contributed by atoms with Crippen molar-refractivity contribution in [3.05, 3.63) is 54.5 Å². The number of carbonyl (C=O) groups is 1. The Bertz CT molecular complexity index is 1480. The fourth-order valence-corrected chi connectivity index (χ4v) is 4.79. The third kappa shape index (κ3) is 4.15. The number of aryl methyl sites for hydroxylation is 1. The number of ether oxygens (including phenoxy) is 2. The minimum Gasteiger partial charge on any atom is -0.476 e. The molecule has 190 valence electrons. The van der Waals surface area contributed by atoms with Gasteiger partial charge in [-0.25, -0.2) is 19.7 Å². The predicted octanol–water partition coefficient (Wildman–Crippen LogP) is 2.84. The summed E-state index contributed by atoms with van der Waals surface area (Å²) in [7, 11) is 3.75. The molecule has 2 fully saturated rings. The zero-order valence-electron chi connectivity index (χ0n) is 20.7. The van der Waals surface area contributed by atoms with Gasteiger partial charge in [-0.05, 0) is 18.2 Å². The fourth-order valence-electron chi connectivity index (χ4n) is 4.79. The first kappa shape index (κ1) is 23.3. The Balaban J connectivity index is 1.52. The van der Waals surface area contributed by atoms with Gasteiger partial charge in [-0.3, -0.25) is 4.98 Å². The van der Waals surface area contributed by atoms with E-state index in [-0.39, 0.29) is 17.4 Å². The van der Waals surface area contributed by atoms with Gasteiger partial charge in [-0.2, -0.15) is 0 Å². The van der Waals surface area contributed by atoms with Crippen molar-refractivity contribution in [2.75, 3.05) is 56.4 Å². The lowest BCUT2D eigenvalue weighted by Gasteiger charge is -2.31. The molecule has 2 saturated heterocycles. The number of hydrogen-bond acceptors (Lipinski definition) is 9. The zero-order chi connectivity index (χ0) is 25.5. The summed E-state index contributed by atoms with van der Waals surface area (Å²) >= 11 is 0. The second-order valence-electron chi connectivity index (χ2n) is 9.28. The number of aromatic carboxylic acids is 1. The zero-order valence-corrected chi connectivity index (χ0v) is 20.7. The topological polar surface area (TPSA) is 119 Å². The summed E-state index contributed by atoms with van der Waals surface area (Å²) in [6.45, 7) is 4.03. The highest BCUT2D eigenvalue weighted by Gasteiger charge is 2.28. The number of rotatable bonds is 6. The Labute approximate surface area is 213 Å². The minimum atomic E-state index is -1.13. The molecule has 0 spiro atoms. The van der Waals surface area contributed by atoms with Crippen LogP contribution in [0.3, 0.4) is 0 Å². The SMILES string of the molecule is CN(c1ccc(N2CCOCC2)cc1-c1cncc2c1ncn2C)c1nc(C2COC2)cnc1C(=O)O. The monoisotopic (exact) mass is 501 g/mol. The van der Waals surface area contributed by atoms with Crippen LogP contribution in [0, 0.1) is 0 Å². The smallest absolute Gasteiger partial charge is 0.358 e. The molecule has 3 aromatic heterocycles. The van der Waals surface area contributed by atoms with Gasteiger partial charge >= 0.3 is 5.97 Å². The van der Waals surface area contributed by atoms with E-state index in [1.54, 1.807) is 23.6 Å². The average Bonchev–Trinajstić information content (AvgIpc) is 3.28. The molecule has 2 aliphatic rings. The van der Waals surface area contributed by atoms with Gasteiger partial charge < -0.3 is 28.9 Å². The lowest BCUT2D eigenvalue weighted by atomic mass is 10.0. The predicted molar refractivity (Wildman–Crippen MR) is 138 cm³/mol. The number of pyridine rings is 1. The summed E-state index contributed by atoms with van der Waals surface area (Å²) in [5.41, 5.74) is 5.88. The summed E-state index contributed by atoms with van der Waals surface area (Å²) < 4.78 is 12.8. The van der Waals surface area contributed by atoms with Gasteiger partial charge in [-0.15, -0.1) is 0 Å². The number of hydrogen-bond donors (Lipinski definition) is 1. The molecule has 0 atom stereocenters. The Morgan fingerprint density at radius 2 is 1.89 bits per heavy atom. The second-order valence-corrected chi connectivity index (χ2v) is 9.28. The molecule has 1 N–H and O–H groups in total. The van der Waals surface area contributed by atoms with Crippen LogP contribution in [0.25, 0.3) is 22.2 Å². The first-order valence-electron chi connectivity index (χ1n) is 12.1. The minimum absolute atomic E-state index is 0.108. The second kappa shape index (κ2) is 9.41. The highest BCUT2D eigenvalue weighted by Crippen LogP contribution is 2.40. The van der Waals surface area contributed by atoms with E-state index in [1.807, 2.05) is 30.8 Å². The molecule has 0 unspecified atom stereocenters. The van der Waals surface area contributed by atoms with Gasteiger partial charge in [-0.1, -0.05) is 0 Å². The highest BCUT2D eigenvalue weighted by molar-refractivity contribution is 5.98. The largest absolute Gasteiger partial charge is 0.476 e. The van der Waals surface area contributed by atoms with Crippen LogP contribution in [-0.2, 0) is 16.5 Å². The number of carboxylic acids is 1. The molecule has 6 rings (SSSR count). The molecular formula is C26H27N7O4. The maximum atomic E-state index is 12.1. The lowest BCUT2D eigenvalue weighted by molar-refractivity contribution is 0.00659. The molecule has 0 aliphatic carbocycles. The standard InChI is InChI=1S/C26H27N7O4/c1-31-15-29-23-19(10-27-12-22(23)31)18-9-17(33-5-7-36-8-6-33)3-4-21(18)32(2)25-24(26(34)35)28-11-20(30-25)16-13-37-14-16/h3-4,9-12,15-16H,5-8,13-14H2,1-2H3,(H,34,35). The van der Waals surface area contributed by atoms with E-state index >= 15 is 0 Å². The Morgan fingerprint density at radius 1 is 1.08 bits per heavy atom. The molecule has 0 radical (unpaired) electrons.